The zero-order chi connectivity index (χ0) is 15.2. The molecule has 1 rings (SSSR count). The summed E-state index contributed by atoms with van der Waals surface area (Å²) in [5.41, 5.74) is -0.267. The van der Waals surface area contributed by atoms with Gasteiger partial charge >= 0.3 is 0 Å². The number of carbonyl (C=O) groups is 2. The van der Waals surface area contributed by atoms with E-state index in [1.54, 1.807) is 16.2 Å². The van der Waals surface area contributed by atoms with Crippen LogP contribution < -0.4 is 5.32 Å². The first kappa shape index (κ1) is 16.7. The maximum absolute atomic E-state index is 12.1. The van der Waals surface area contributed by atoms with Crippen LogP contribution in [0.3, 0.4) is 0 Å². The molecule has 4 nitrogen and oxygen atoms in total. The van der Waals surface area contributed by atoms with Crippen LogP contribution in [-0.4, -0.2) is 35.3 Å². The Kier molecular flexibility index (Phi) is 6.20. The van der Waals surface area contributed by atoms with E-state index in [0.717, 1.165) is 6.42 Å². The molecule has 1 heterocycles. The summed E-state index contributed by atoms with van der Waals surface area (Å²) in [7, 11) is 0. The number of hydrogen-bond donors (Lipinski definition) is 1. The van der Waals surface area contributed by atoms with Gasteiger partial charge in [0.25, 0.3) is 0 Å². The SMILES string of the molecule is CCN(CC(=O)NC(C)(C)C)C(=O)CCc1cccs1. The van der Waals surface area contributed by atoms with Crippen LogP contribution in [0.2, 0.25) is 0 Å². The molecule has 5 heteroatoms. The maximum atomic E-state index is 12.1. The first-order chi connectivity index (χ1) is 9.31. The van der Waals surface area contributed by atoms with Crippen LogP contribution >= 0.6 is 11.3 Å². The first-order valence-corrected chi connectivity index (χ1v) is 7.81. The highest BCUT2D eigenvalue weighted by Gasteiger charge is 2.19. The molecule has 0 saturated heterocycles. The lowest BCUT2D eigenvalue weighted by atomic mass is 10.1. The topological polar surface area (TPSA) is 49.4 Å². The summed E-state index contributed by atoms with van der Waals surface area (Å²) in [6, 6.07) is 4.01. The van der Waals surface area contributed by atoms with Gasteiger partial charge in [0.2, 0.25) is 11.8 Å². The molecular weight excluding hydrogens is 272 g/mol. The normalized spacial score (nSPS) is 11.2. The van der Waals surface area contributed by atoms with E-state index in [2.05, 4.69) is 5.32 Å². The van der Waals surface area contributed by atoms with E-state index in [1.165, 1.54) is 4.88 Å². The van der Waals surface area contributed by atoms with Crippen LogP contribution in [0.5, 0.6) is 0 Å². The van der Waals surface area contributed by atoms with Gasteiger partial charge in [-0.1, -0.05) is 6.07 Å². The molecule has 20 heavy (non-hydrogen) atoms. The smallest absolute Gasteiger partial charge is 0.240 e. The van der Waals surface area contributed by atoms with Crippen molar-refractivity contribution in [3.05, 3.63) is 22.4 Å². The quantitative estimate of drug-likeness (QED) is 0.876. The second-order valence-electron chi connectivity index (χ2n) is 5.79. The Morgan fingerprint density at radius 3 is 2.55 bits per heavy atom. The molecule has 0 radical (unpaired) electrons. The molecule has 0 saturated carbocycles. The average molecular weight is 296 g/mol. The molecule has 0 fully saturated rings. The van der Waals surface area contributed by atoms with E-state index >= 15 is 0 Å². The van der Waals surface area contributed by atoms with Crippen molar-refractivity contribution in [2.45, 2.75) is 46.1 Å². The lowest BCUT2D eigenvalue weighted by Gasteiger charge is -2.25. The second kappa shape index (κ2) is 7.43. The van der Waals surface area contributed by atoms with Crippen molar-refractivity contribution < 1.29 is 9.59 Å². The van der Waals surface area contributed by atoms with Crippen LogP contribution in [0, 0.1) is 0 Å². The molecule has 2 amide bonds. The summed E-state index contributed by atoms with van der Waals surface area (Å²) in [6.45, 7) is 8.38. The van der Waals surface area contributed by atoms with Gasteiger partial charge in [0.05, 0.1) is 6.54 Å². The van der Waals surface area contributed by atoms with Crippen molar-refractivity contribution in [2.24, 2.45) is 0 Å². The van der Waals surface area contributed by atoms with Crippen molar-refractivity contribution in [2.75, 3.05) is 13.1 Å². The lowest BCUT2D eigenvalue weighted by Crippen LogP contribution is -2.47. The summed E-state index contributed by atoms with van der Waals surface area (Å²) in [5.74, 6) is -0.0752. The molecule has 1 aromatic rings. The molecular formula is C15H24N2O2S. The molecule has 0 bridgehead atoms. The molecule has 0 aliphatic rings. The van der Waals surface area contributed by atoms with Crippen molar-refractivity contribution >= 4 is 23.2 Å². The van der Waals surface area contributed by atoms with Crippen molar-refractivity contribution in [1.29, 1.82) is 0 Å². The number of amides is 2. The molecule has 112 valence electrons. The minimum atomic E-state index is -0.267. The van der Waals surface area contributed by atoms with E-state index in [1.807, 2.05) is 45.2 Å². The predicted octanol–water partition coefficient (Wildman–Crippen LogP) is 2.44. The molecule has 0 unspecified atom stereocenters. The maximum Gasteiger partial charge on any atom is 0.240 e. The minimum absolute atomic E-state index is 0.0324. The zero-order valence-corrected chi connectivity index (χ0v) is 13.5. The standard InChI is InChI=1S/C15H24N2O2S/c1-5-17(11-13(18)16-15(2,3)4)14(19)9-8-12-7-6-10-20-12/h6-7,10H,5,8-9,11H2,1-4H3,(H,16,18). The number of nitrogens with zero attached hydrogens (tertiary/aromatic N) is 1. The lowest BCUT2D eigenvalue weighted by molar-refractivity contribution is -0.136. The van der Waals surface area contributed by atoms with E-state index in [4.69, 9.17) is 0 Å². The number of carbonyl (C=O) groups excluding carboxylic acids is 2. The number of rotatable bonds is 6. The third-order valence-corrected chi connectivity index (χ3v) is 3.68. The van der Waals surface area contributed by atoms with Gasteiger partial charge in [-0.3, -0.25) is 9.59 Å². The molecule has 0 aromatic carbocycles. The van der Waals surface area contributed by atoms with Gasteiger partial charge in [-0.2, -0.15) is 0 Å². The molecule has 1 aromatic heterocycles. The molecule has 1 N–H and O–H groups in total. The highest BCUT2D eigenvalue weighted by Crippen LogP contribution is 2.11. The Labute approximate surface area is 125 Å². The Morgan fingerprint density at radius 1 is 1.35 bits per heavy atom. The summed E-state index contributed by atoms with van der Waals surface area (Å²) < 4.78 is 0. The van der Waals surface area contributed by atoms with Gasteiger partial charge in [0.15, 0.2) is 0 Å². The number of thiophene rings is 1. The third-order valence-electron chi connectivity index (χ3n) is 2.75. The highest BCUT2D eigenvalue weighted by atomic mass is 32.1. The van der Waals surface area contributed by atoms with Crippen LogP contribution in [-0.2, 0) is 16.0 Å². The molecule has 0 spiro atoms. The number of nitrogens with one attached hydrogen (secondary N) is 1. The van der Waals surface area contributed by atoms with Gasteiger partial charge < -0.3 is 10.2 Å². The predicted molar refractivity (Wildman–Crippen MR) is 82.8 cm³/mol. The van der Waals surface area contributed by atoms with E-state index in [0.29, 0.717) is 13.0 Å². The Balaban J connectivity index is 2.44. The van der Waals surface area contributed by atoms with E-state index in [9.17, 15) is 9.59 Å². The fraction of sp³-hybridized carbons (Fsp3) is 0.600. The Bertz CT molecular complexity index is 435. The van der Waals surface area contributed by atoms with Gasteiger partial charge in [-0.15, -0.1) is 11.3 Å². The Morgan fingerprint density at radius 2 is 2.05 bits per heavy atom. The van der Waals surface area contributed by atoms with Crippen molar-refractivity contribution in [1.82, 2.24) is 10.2 Å². The van der Waals surface area contributed by atoms with E-state index < -0.39 is 0 Å². The third kappa shape index (κ3) is 6.19. The van der Waals surface area contributed by atoms with Gasteiger partial charge in [-0.05, 0) is 45.6 Å². The fourth-order valence-electron chi connectivity index (χ4n) is 1.85. The summed E-state index contributed by atoms with van der Waals surface area (Å²) in [6.07, 6.45) is 1.20. The van der Waals surface area contributed by atoms with Crippen LogP contribution in [0.1, 0.15) is 39.0 Å². The molecule has 0 aliphatic heterocycles. The van der Waals surface area contributed by atoms with Crippen LogP contribution in [0.15, 0.2) is 17.5 Å². The van der Waals surface area contributed by atoms with E-state index in [-0.39, 0.29) is 23.9 Å². The fourth-order valence-corrected chi connectivity index (χ4v) is 2.56. The van der Waals surface area contributed by atoms with Crippen LogP contribution in [0.4, 0.5) is 0 Å². The molecule has 0 aliphatic carbocycles. The van der Waals surface area contributed by atoms with Crippen molar-refractivity contribution in [3.8, 4) is 0 Å². The first-order valence-electron chi connectivity index (χ1n) is 6.93. The Hall–Kier alpha value is -1.36. The van der Waals surface area contributed by atoms with Crippen LogP contribution in [0.25, 0.3) is 0 Å². The monoisotopic (exact) mass is 296 g/mol. The van der Waals surface area contributed by atoms with Gasteiger partial charge in [0, 0.05) is 23.4 Å². The average Bonchev–Trinajstić information content (AvgIpc) is 2.83. The number of hydrogen-bond acceptors (Lipinski definition) is 3. The van der Waals surface area contributed by atoms with Gasteiger partial charge in [0.1, 0.15) is 0 Å². The van der Waals surface area contributed by atoms with Gasteiger partial charge in [-0.25, -0.2) is 0 Å². The summed E-state index contributed by atoms with van der Waals surface area (Å²) in [5, 5.41) is 4.89. The summed E-state index contributed by atoms with van der Waals surface area (Å²) in [4.78, 5) is 26.8. The number of aryl methyl sites for hydroxylation is 1. The second-order valence-corrected chi connectivity index (χ2v) is 6.82. The summed E-state index contributed by atoms with van der Waals surface area (Å²) >= 11 is 1.66. The highest BCUT2D eigenvalue weighted by molar-refractivity contribution is 7.09. The number of likely N-dealkylation sites (N-methyl/N-ethyl adjacent to an activating group) is 1. The largest absolute Gasteiger partial charge is 0.350 e. The zero-order valence-electron chi connectivity index (χ0n) is 12.7. The van der Waals surface area contributed by atoms with Crippen molar-refractivity contribution in [3.63, 3.8) is 0 Å². The molecule has 0 atom stereocenters. The minimum Gasteiger partial charge on any atom is -0.350 e.